The minimum absolute atomic E-state index is 0.0291. The Morgan fingerprint density at radius 3 is 2.44 bits per heavy atom. The normalized spacial score (nSPS) is 17.9. The maximum absolute atomic E-state index is 13.8. The molecule has 98 valence electrons. The number of carboxylic acid groups (broad SMARTS) is 1. The molecule has 18 heavy (non-hydrogen) atoms. The lowest BCUT2D eigenvalue weighted by molar-refractivity contribution is 0.0691. The number of nitrogens with zero attached hydrogens (tertiary/aromatic N) is 1. The summed E-state index contributed by atoms with van der Waals surface area (Å²) < 4.78 is 27.4. The zero-order valence-corrected chi connectivity index (χ0v) is 10.1. The Bertz CT molecular complexity index is 468. The number of hydrogen-bond donors (Lipinski definition) is 1. The number of aromatic carboxylic acids is 1. The fourth-order valence-electron chi connectivity index (χ4n) is 2.36. The predicted molar refractivity (Wildman–Crippen MR) is 62.8 cm³/mol. The monoisotopic (exact) mass is 255 g/mol. The highest BCUT2D eigenvalue weighted by atomic mass is 19.1. The van der Waals surface area contributed by atoms with Crippen LogP contribution in [0.5, 0.6) is 0 Å². The van der Waals surface area contributed by atoms with Crippen LogP contribution in [0, 0.1) is 11.6 Å². The van der Waals surface area contributed by atoms with E-state index < -0.39 is 23.2 Å². The molecule has 3 nitrogen and oxygen atoms in total. The molecule has 0 amide bonds. The number of rotatable bonds is 2. The first kappa shape index (κ1) is 13.0. The number of piperidine rings is 1. The van der Waals surface area contributed by atoms with Crippen molar-refractivity contribution in [1.82, 2.24) is 4.90 Å². The van der Waals surface area contributed by atoms with Crippen LogP contribution in [0.15, 0.2) is 12.1 Å². The first-order chi connectivity index (χ1) is 8.49. The summed E-state index contributed by atoms with van der Waals surface area (Å²) in [5.41, 5.74) is -0.310. The van der Waals surface area contributed by atoms with Crippen LogP contribution >= 0.6 is 0 Å². The minimum atomic E-state index is -1.44. The second kappa shape index (κ2) is 5.02. The molecule has 1 N–H and O–H groups in total. The van der Waals surface area contributed by atoms with Crippen molar-refractivity contribution in [2.24, 2.45) is 0 Å². The largest absolute Gasteiger partial charge is 0.478 e. The van der Waals surface area contributed by atoms with Crippen LogP contribution in [0.3, 0.4) is 0 Å². The molecular formula is C13H15F2NO2. The summed E-state index contributed by atoms with van der Waals surface area (Å²) in [5.74, 6) is -2.96. The Balaban J connectivity index is 2.29. The minimum Gasteiger partial charge on any atom is -0.478 e. The zero-order valence-electron chi connectivity index (χ0n) is 10.1. The highest BCUT2D eigenvalue weighted by Gasteiger charge is 2.24. The first-order valence-electron chi connectivity index (χ1n) is 5.90. The van der Waals surface area contributed by atoms with E-state index in [0.717, 1.165) is 38.1 Å². The van der Waals surface area contributed by atoms with E-state index in [1.54, 1.807) is 0 Å². The van der Waals surface area contributed by atoms with Gasteiger partial charge in [-0.3, -0.25) is 0 Å². The average molecular weight is 255 g/mol. The number of hydrogen-bond acceptors (Lipinski definition) is 2. The fourth-order valence-corrected chi connectivity index (χ4v) is 2.36. The van der Waals surface area contributed by atoms with Gasteiger partial charge in [-0.25, -0.2) is 13.6 Å². The average Bonchev–Trinajstić information content (AvgIpc) is 2.32. The molecule has 0 spiro atoms. The van der Waals surface area contributed by atoms with Gasteiger partial charge in [0.25, 0.3) is 0 Å². The molecular weight excluding hydrogens is 240 g/mol. The van der Waals surface area contributed by atoms with Crippen molar-refractivity contribution in [2.45, 2.75) is 18.8 Å². The van der Waals surface area contributed by atoms with E-state index in [1.165, 1.54) is 0 Å². The molecule has 0 aliphatic carbocycles. The third-order valence-corrected chi connectivity index (χ3v) is 3.48. The summed E-state index contributed by atoms with van der Waals surface area (Å²) in [4.78, 5) is 12.8. The van der Waals surface area contributed by atoms with E-state index in [1.807, 2.05) is 7.05 Å². The smallest absolute Gasteiger partial charge is 0.338 e. The van der Waals surface area contributed by atoms with Gasteiger partial charge in [-0.1, -0.05) is 0 Å². The molecule has 0 saturated carbocycles. The molecule has 1 aliphatic heterocycles. The van der Waals surface area contributed by atoms with Crippen LogP contribution < -0.4 is 0 Å². The van der Waals surface area contributed by atoms with E-state index in [0.29, 0.717) is 5.56 Å². The van der Waals surface area contributed by atoms with E-state index in [-0.39, 0.29) is 5.92 Å². The Hall–Kier alpha value is -1.49. The van der Waals surface area contributed by atoms with Crippen LogP contribution in [0.4, 0.5) is 8.78 Å². The van der Waals surface area contributed by atoms with Gasteiger partial charge in [0.15, 0.2) is 0 Å². The second-order valence-electron chi connectivity index (χ2n) is 4.74. The SMILES string of the molecule is CN1CCC(c2cc(F)c(C(=O)O)cc2F)CC1. The summed E-state index contributed by atoms with van der Waals surface area (Å²) in [7, 11) is 1.99. The molecule has 0 radical (unpaired) electrons. The van der Waals surface area contributed by atoms with Gasteiger partial charge in [-0.2, -0.15) is 0 Å². The quantitative estimate of drug-likeness (QED) is 0.882. The third kappa shape index (κ3) is 2.51. The molecule has 0 atom stereocenters. The van der Waals surface area contributed by atoms with Crippen molar-refractivity contribution in [1.29, 1.82) is 0 Å². The molecule has 1 aromatic rings. The van der Waals surface area contributed by atoms with E-state index in [2.05, 4.69) is 4.90 Å². The molecule has 1 heterocycles. The Kier molecular flexibility index (Phi) is 3.61. The van der Waals surface area contributed by atoms with E-state index in [4.69, 9.17) is 5.11 Å². The highest BCUT2D eigenvalue weighted by molar-refractivity contribution is 5.88. The molecule has 1 saturated heterocycles. The highest BCUT2D eigenvalue weighted by Crippen LogP contribution is 2.30. The van der Waals surface area contributed by atoms with Gasteiger partial charge in [-0.05, 0) is 56.6 Å². The van der Waals surface area contributed by atoms with Gasteiger partial charge in [0, 0.05) is 0 Å². The second-order valence-corrected chi connectivity index (χ2v) is 4.74. The van der Waals surface area contributed by atoms with Gasteiger partial charge in [0.1, 0.15) is 11.6 Å². The predicted octanol–water partition coefficient (Wildman–Crippen LogP) is 2.47. The summed E-state index contributed by atoms with van der Waals surface area (Å²) in [5, 5.41) is 8.71. The number of benzene rings is 1. The van der Waals surface area contributed by atoms with E-state index in [9.17, 15) is 13.6 Å². The fraction of sp³-hybridized carbons (Fsp3) is 0.462. The van der Waals surface area contributed by atoms with Crippen LogP contribution in [-0.4, -0.2) is 36.1 Å². The molecule has 1 aliphatic rings. The third-order valence-electron chi connectivity index (χ3n) is 3.48. The Morgan fingerprint density at radius 1 is 1.28 bits per heavy atom. The van der Waals surface area contributed by atoms with Crippen LogP contribution in [0.1, 0.15) is 34.7 Å². The topological polar surface area (TPSA) is 40.5 Å². The molecule has 2 rings (SSSR count). The van der Waals surface area contributed by atoms with Crippen molar-refractivity contribution < 1.29 is 18.7 Å². The molecule has 0 unspecified atom stereocenters. The maximum Gasteiger partial charge on any atom is 0.338 e. The summed E-state index contributed by atoms with van der Waals surface area (Å²) in [6.07, 6.45) is 1.53. The first-order valence-corrected chi connectivity index (χ1v) is 5.90. The molecule has 1 aromatic carbocycles. The Labute approximate surface area is 104 Å². The molecule has 0 bridgehead atoms. The van der Waals surface area contributed by atoms with Gasteiger partial charge in [-0.15, -0.1) is 0 Å². The van der Waals surface area contributed by atoms with E-state index >= 15 is 0 Å². The van der Waals surface area contributed by atoms with Crippen molar-refractivity contribution in [3.63, 3.8) is 0 Å². The maximum atomic E-state index is 13.8. The van der Waals surface area contributed by atoms with Gasteiger partial charge >= 0.3 is 5.97 Å². The van der Waals surface area contributed by atoms with Gasteiger partial charge < -0.3 is 10.0 Å². The molecule has 1 fully saturated rings. The summed E-state index contributed by atoms with van der Waals surface area (Å²) in [6, 6.07) is 1.82. The van der Waals surface area contributed by atoms with Crippen molar-refractivity contribution >= 4 is 5.97 Å². The molecule has 0 aromatic heterocycles. The summed E-state index contributed by atoms with van der Waals surface area (Å²) in [6.45, 7) is 1.68. The van der Waals surface area contributed by atoms with Crippen molar-refractivity contribution in [3.8, 4) is 0 Å². The van der Waals surface area contributed by atoms with Crippen molar-refractivity contribution in [3.05, 3.63) is 34.9 Å². The zero-order chi connectivity index (χ0) is 13.3. The summed E-state index contributed by atoms with van der Waals surface area (Å²) >= 11 is 0. The van der Waals surface area contributed by atoms with Crippen LogP contribution in [-0.2, 0) is 0 Å². The van der Waals surface area contributed by atoms with Gasteiger partial charge in [0.05, 0.1) is 5.56 Å². The van der Waals surface area contributed by atoms with Crippen LogP contribution in [0.2, 0.25) is 0 Å². The Morgan fingerprint density at radius 2 is 1.89 bits per heavy atom. The number of carboxylic acids is 1. The lowest BCUT2D eigenvalue weighted by Gasteiger charge is -2.29. The van der Waals surface area contributed by atoms with Crippen LogP contribution in [0.25, 0.3) is 0 Å². The number of halogens is 2. The standard InChI is InChI=1S/C13H15F2NO2/c1-16-4-2-8(3-5-16)9-6-12(15)10(13(17)18)7-11(9)14/h6-8H,2-5H2,1H3,(H,17,18). The number of likely N-dealkylation sites (tertiary alicyclic amines) is 1. The lowest BCUT2D eigenvalue weighted by atomic mass is 9.88. The molecule has 5 heteroatoms. The van der Waals surface area contributed by atoms with Gasteiger partial charge in [0.2, 0.25) is 0 Å². The number of carbonyl (C=O) groups is 1. The lowest BCUT2D eigenvalue weighted by Crippen LogP contribution is -2.29. The van der Waals surface area contributed by atoms with Crippen molar-refractivity contribution in [2.75, 3.05) is 20.1 Å².